The number of carbonyl (C=O) groups is 4. The van der Waals surface area contributed by atoms with Crippen molar-refractivity contribution in [1.82, 2.24) is 20.0 Å². The van der Waals surface area contributed by atoms with Crippen molar-refractivity contribution < 1.29 is 55.4 Å². The Morgan fingerprint density at radius 2 is 1.25 bits per heavy atom. The molecule has 2 aliphatic carbocycles. The van der Waals surface area contributed by atoms with Crippen LogP contribution in [0.1, 0.15) is 35.7 Å². The number of benzene rings is 1. The first kappa shape index (κ1) is 38.2. The maximum Gasteiger partial charge on any atom is 0.433 e. The summed E-state index contributed by atoms with van der Waals surface area (Å²) in [6, 6.07) is 7.24. The number of hydrazine groups is 2. The molecule has 4 amide bonds. The lowest BCUT2D eigenvalue weighted by molar-refractivity contribution is -0.143. The minimum atomic E-state index is -4.89. The smallest absolute Gasteiger partial charge is 0.433 e. The minimum Gasteiger partial charge on any atom is -0.508 e. The van der Waals surface area contributed by atoms with Crippen molar-refractivity contribution in [3.05, 3.63) is 81.1 Å². The molecule has 0 spiro atoms. The van der Waals surface area contributed by atoms with E-state index in [9.17, 15) is 50.6 Å². The number of hydrogen-bond donors (Lipinski definition) is 1. The van der Waals surface area contributed by atoms with E-state index >= 15 is 0 Å². The lowest BCUT2D eigenvalue weighted by Crippen LogP contribution is -2.46. The summed E-state index contributed by atoms with van der Waals surface area (Å²) < 4.78 is 87.3. The number of alkyl halides is 6. The summed E-state index contributed by atoms with van der Waals surface area (Å²) in [5.74, 6) is -10.9. The first-order valence-corrected chi connectivity index (χ1v) is 17.3. The predicted octanol–water partition coefficient (Wildman–Crippen LogP) is 6.27. The van der Waals surface area contributed by atoms with Gasteiger partial charge in [0.1, 0.15) is 22.9 Å². The van der Waals surface area contributed by atoms with Crippen LogP contribution in [0.25, 0.3) is 0 Å². The maximum absolute atomic E-state index is 14.5. The van der Waals surface area contributed by atoms with Gasteiger partial charge in [-0.3, -0.25) is 29.2 Å². The third-order valence-corrected chi connectivity index (χ3v) is 11.2. The fourth-order valence-electron chi connectivity index (χ4n) is 8.27. The van der Waals surface area contributed by atoms with E-state index in [0.717, 1.165) is 36.2 Å². The van der Waals surface area contributed by atoms with Crippen molar-refractivity contribution in [2.75, 3.05) is 31.2 Å². The van der Waals surface area contributed by atoms with Crippen molar-refractivity contribution in [3.8, 4) is 11.5 Å². The molecule has 1 aromatic carbocycles. The zero-order valence-electron chi connectivity index (χ0n) is 28.7. The zero-order chi connectivity index (χ0) is 40.0. The Morgan fingerprint density at radius 3 is 1.76 bits per heavy atom. The highest BCUT2D eigenvalue weighted by Crippen LogP contribution is 2.59. The number of carbonyl (C=O) groups excluding carboxylic acids is 4. The van der Waals surface area contributed by atoms with E-state index < -0.39 is 94.5 Å². The van der Waals surface area contributed by atoms with Crippen LogP contribution in [-0.2, 0) is 31.5 Å². The molecule has 4 heterocycles. The number of anilines is 2. The molecular formula is C35H28Cl2F6N6O6. The highest BCUT2D eigenvalue weighted by molar-refractivity contribution is 6.33. The number of nitrogens with zero attached hydrogens (tertiary/aromatic N) is 6. The number of rotatable bonds is 6. The van der Waals surface area contributed by atoms with Crippen LogP contribution in [0.15, 0.2) is 54.1 Å². The molecule has 2 aromatic heterocycles. The molecule has 4 aliphatic rings. The highest BCUT2D eigenvalue weighted by Gasteiger charge is 2.63. The quantitative estimate of drug-likeness (QED) is 0.172. The first-order chi connectivity index (χ1) is 25.8. The number of pyridine rings is 2. The summed E-state index contributed by atoms with van der Waals surface area (Å²) in [6.45, 7) is 0. The Kier molecular flexibility index (Phi) is 9.22. The topological polar surface area (TPSA) is 136 Å². The van der Waals surface area contributed by atoms with E-state index in [1.54, 1.807) is 6.08 Å². The van der Waals surface area contributed by atoms with Crippen molar-refractivity contribution in [2.45, 2.75) is 31.1 Å². The number of aromatic hydroxyl groups is 1. The molecule has 1 N–H and O–H groups in total. The second-order valence-corrected chi connectivity index (χ2v) is 14.3. The van der Waals surface area contributed by atoms with E-state index in [0.29, 0.717) is 33.3 Å². The number of hydrogen-bond acceptors (Lipinski definition) is 10. The van der Waals surface area contributed by atoms with Gasteiger partial charge < -0.3 is 9.84 Å². The monoisotopic (exact) mass is 812 g/mol. The number of methoxy groups -OCH3 is 1. The molecule has 3 aromatic rings. The molecule has 2 saturated heterocycles. The second-order valence-electron chi connectivity index (χ2n) is 13.5. The van der Waals surface area contributed by atoms with Crippen LogP contribution in [0.3, 0.4) is 0 Å². The van der Waals surface area contributed by atoms with E-state index in [1.165, 1.54) is 25.3 Å². The summed E-state index contributed by atoms with van der Waals surface area (Å²) >= 11 is 12.5. The van der Waals surface area contributed by atoms with Gasteiger partial charge in [0.05, 0.1) is 40.8 Å². The number of fused-ring (bicyclic) bond motifs is 4. The molecule has 55 heavy (non-hydrogen) atoms. The number of ether oxygens (including phenoxy) is 1. The number of amides is 4. The Hall–Kier alpha value is -5.10. The van der Waals surface area contributed by atoms with Gasteiger partial charge in [-0.1, -0.05) is 40.9 Å². The summed E-state index contributed by atoms with van der Waals surface area (Å²) in [7, 11) is 3.63. The Balaban J connectivity index is 1.31. The number of phenols is 1. The normalized spacial score (nSPS) is 25.1. The zero-order valence-corrected chi connectivity index (χ0v) is 30.2. The molecule has 1 saturated carbocycles. The molecule has 0 bridgehead atoms. The molecule has 7 rings (SSSR count). The van der Waals surface area contributed by atoms with Crippen LogP contribution < -0.4 is 14.8 Å². The predicted molar refractivity (Wildman–Crippen MR) is 181 cm³/mol. The van der Waals surface area contributed by atoms with Crippen molar-refractivity contribution in [2.24, 2.45) is 29.6 Å². The lowest BCUT2D eigenvalue weighted by Gasteiger charge is -2.44. The van der Waals surface area contributed by atoms with Crippen molar-refractivity contribution >= 4 is 58.5 Å². The van der Waals surface area contributed by atoms with Crippen molar-refractivity contribution in [3.63, 3.8) is 0 Å². The minimum absolute atomic E-state index is 0.0427. The summed E-state index contributed by atoms with van der Waals surface area (Å²) in [6.07, 6.45) is -8.29. The highest BCUT2D eigenvalue weighted by atomic mass is 35.5. The standard InChI is InChI=1S/C35H28Cl2F6N6O6/c1-46(28-20(36)8-10-23(44-28)34(38,39)40)48-30(51)17-7-6-15-18(26(17)32(48)53)13-19-27(25(15)16-5-4-14(50)12-22(16)55-3)33(54)49(31(19)52)47(2)29-21(37)9-11-24(45-29)35(41,42)43/h4-6,8-12,17-19,25-27,50H,7,13H2,1-3H3/t17-,18+,19+,25+,26-,27+/m0/s1. The van der Waals surface area contributed by atoms with Crippen LogP contribution >= 0.6 is 23.2 Å². The molecule has 2 aliphatic heterocycles. The first-order valence-electron chi connectivity index (χ1n) is 16.5. The number of halogens is 8. The molecule has 12 nitrogen and oxygen atoms in total. The average Bonchev–Trinajstić information content (AvgIpc) is 3.53. The van der Waals surface area contributed by atoms with E-state index in [1.807, 2.05) is 0 Å². The molecule has 6 atom stereocenters. The Bertz CT molecular complexity index is 2190. The van der Waals surface area contributed by atoms with Crippen molar-refractivity contribution in [1.29, 1.82) is 0 Å². The maximum atomic E-state index is 14.5. The third-order valence-electron chi connectivity index (χ3n) is 10.6. The van der Waals surface area contributed by atoms with Gasteiger partial charge in [0.15, 0.2) is 11.6 Å². The van der Waals surface area contributed by atoms with E-state index in [-0.39, 0.29) is 34.4 Å². The fourth-order valence-corrected chi connectivity index (χ4v) is 8.73. The summed E-state index contributed by atoms with van der Waals surface area (Å²) in [5, 5.41) is 12.7. The lowest BCUT2D eigenvalue weighted by atomic mass is 9.57. The summed E-state index contributed by atoms with van der Waals surface area (Å²) in [4.78, 5) is 64.3. The number of phenolic OH excluding ortho intramolecular Hbond substituents is 1. The van der Waals surface area contributed by atoms with Gasteiger partial charge in [0.2, 0.25) is 0 Å². The van der Waals surface area contributed by atoms with Gasteiger partial charge in [-0.25, -0.2) is 9.97 Å². The van der Waals surface area contributed by atoms with Gasteiger partial charge in [-0.15, -0.1) is 0 Å². The van der Waals surface area contributed by atoms with Gasteiger partial charge >= 0.3 is 12.4 Å². The molecule has 0 radical (unpaired) electrons. The molecule has 20 heteroatoms. The van der Waals surface area contributed by atoms with Crippen LogP contribution in [0.2, 0.25) is 10.0 Å². The van der Waals surface area contributed by atoms with Gasteiger partial charge in [0, 0.05) is 31.6 Å². The number of allylic oxidation sites excluding steroid dienone is 2. The number of aromatic nitrogens is 2. The molecule has 3 fully saturated rings. The van der Waals surface area contributed by atoms with Crippen LogP contribution in [-0.4, -0.2) is 69.9 Å². The van der Waals surface area contributed by atoms with E-state index in [2.05, 4.69) is 9.97 Å². The molecular weight excluding hydrogens is 785 g/mol. The van der Waals surface area contributed by atoms with Gasteiger partial charge in [0.25, 0.3) is 23.6 Å². The molecule has 0 unspecified atom stereocenters. The average molecular weight is 814 g/mol. The summed E-state index contributed by atoms with van der Waals surface area (Å²) in [5.41, 5.74) is -1.84. The Labute approximate surface area is 317 Å². The van der Waals surface area contributed by atoms with Crippen LogP contribution in [0, 0.1) is 29.6 Å². The van der Waals surface area contributed by atoms with E-state index in [4.69, 9.17) is 27.9 Å². The third kappa shape index (κ3) is 6.09. The van der Waals surface area contributed by atoms with Gasteiger partial charge in [-0.05, 0) is 49.1 Å². The van der Waals surface area contributed by atoms with Crippen LogP contribution in [0.5, 0.6) is 11.5 Å². The van der Waals surface area contributed by atoms with Crippen LogP contribution in [0.4, 0.5) is 38.0 Å². The SMILES string of the molecule is COc1cc(O)ccc1[C@H]1C2=CC[C@@H]3C(=O)N(N(C)c4nc(C(F)(F)F)ccc4Cl)C(=O)[C@@H]3[C@@H]2C[C@H]2C(=O)N(N(C)c3nc(C(F)(F)F)ccc3Cl)C(=O)[C@@H]12. The van der Waals surface area contributed by atoms with Gasteiger partial charge in [-0.2, -0.15) is 36.4 Å². The fraction of sp³-hybridized carbons (Fsp3) is 0.371. The molecule has 290 valence electrons. The Morgan fingerprint density at radius 1 is 0.745 bits per heavy atom. The second kappa shape index (κ2) is 13.3. The number of imide groups is 2. The largest absolute Gasteiger partial charge is 0.508 e.